The zero-order chi connectivity index (χ0) is 21.9. The van der Waals surface area contributed by atoms with Gasteiger partial charge in [-0.25, -0.2) is 9.78 Å². The number of aliphatic carboxylic acids is 1. The van der Waals surface area contributed by atoms with Crippen LogP contribution < -0.4 is 0 Å². The highest BCUT2D eigenvalue weighted by molar-refractivity contribution is 7.15. The summed E-state index contributed by atoms with van der Waals surface area (Å²) < 4.78 is 43.7. The maximum Gasteiger partial charge on any atom is 0.416 e. The van der Waals surface area contributed by atoms with Crippen molar-refractivity contribution in [2.45, 2.75) is 19.5 Å². The largest absolute Gasteiger partial charge is 0.490 e. The van der Waals surface area contributed by atoms with Gasteiger partial charge in [0.05, 0.1) is 18.4 Å². The smallest absolute Gasteiger partial charge is 0.416 e. The van der Waals surface area contributed by atoms with Crippen LogP contribution in [-0.4, -0.2) is 23.2 Å². The molecule has 3 rings (SSSR count). The Bertz CT molecular complexity index is 1090. The zero-order valence-corrected chi connectivity index (χ0v) is 17.0. The highest BCUT2D eigenvalue weighted by atomic mass is 32.1. The van der Waals surface area contributed by atoms with E-state index in [4.69, 9.17) is 9.84 Å². The van der Waals surface area contributed by atoms with Crippen molar-refractivity contribution >= 4 is 23.4 Å². The molecule has 0 unspecified atom stereocenters. The average molecular weight is 433 g/mol. The van der Waals surface area contributed by atoms with Crippen LogP contribution in [-0.2, 0) is 22.1 Å². The molecule has 0 fully saturated rings. The number of carboxylic acids is 1. The highest BCUT2D eigenvalue weighted by Gasteiger charge is 2.30. The summed E-state index contributed by atoms with van der Waals surface area (Å²) in [5, 5.41) is 9.55. The molecule has 0 aliphatic rings. The molecule has 3 aromatic rings. The third-order valence-electron chi connectivity index (χ3n) is 4.40. The van der Waals surface area contributed by atoms with Crippen molar-refractivity contribution < 1.29 is 27.8 Å². The van der Waals surface area contributed by atoms with Gasteiger partial charge in [-0.15, -0.1) is 11.3 Å². The number of carboxylic acid groups (broad SMARTS) is 1. The first-order valence-electron chi connectivity index (χ1n) is 8.89. The van der Waals surface area contributed by atoms with E-state index >= 15 is 0 Å². The van der Waals surface area contributed by atoms with Gasteiger partial charge < -0.3 is 9.84 Å². The number of rotatable bonds is 6. The summed E-state index contributed by atoms with van der Waals surface area (Å²) in [7, 11) is 1.29. The van der Waals surface area contributed by atoms with Gasteiger partial charge in [0.25, 0.3) is 0 Å². The molecule has 0 spiro atoms. The van der Waals surface area contributed by atoms with Crippen molar-refractivity contribution in [1.82, 2.24) is 4.98 Å². The second-order valence-electron chi connectivity index (χ2n) is 6.54. The number of methoxy groups -OCH3 is 1. The topological polar surface area (TPSA) is 59.4 Å². The predicted molar refractivity (Wildman–Crippen MR) is 109 cm³/mol. The first kappa shape index (κ1) is 21.6. The van der Waals surface area contributed by atoms with Gasteiger partial charge in [0.15, 0.2) is 0 Å². The molecule has 156 valence electrons. The molecule has 30 heavy (non-hydrogen) atoms. The minimum atomic E-state index is -4.40. The summed E-state index contributed by atoms with van der Waals surface area (Å²) in [4.78, 5) is 16.4. The van der Waals surface area contributed by atoms with Gasteiger partial charge in [0, 0.05) is 16.9 Å². The van der Waals surface area contributed by atoms with Crippen LogP contribution in [0.15, 0.2) is 54.3 Å². The maximum absolute atomic E-state index is 13.0. The number of hydrogen-bond donors (Lipinski definition) is 1. The third kappa shape index (κ3) is 5.07. The van der Waals surface area contributed by atoms with Crippen molar-refractivity contribution in [2.24, 2.45) is 0 Å². The molecule has 2 aromatic carbocycles. The minimum absolute atomic E-state index is 0.160. The molecule has 0 bridgehead atoms. The number of nitrogens with zero attached hydrogens (tertiary/aromatic N) is 1. The lowest BCUT2D eigenvalue weighted by Crippen LogP contribution is -2.04. The Morgan fingerprint density at radius 1 is 1.20 bits per heavy atom. The van der Waals surface area contributed by atoms with Crippen molar-refractivity contribution in [1.29, 1.82) is 0 Å². The van der Waals surface area contributed by atoms with Crippen LogP contribution in [0.3, 0.4) is 0 Å². The van der Waals surface area contributed by atoms with Crippen molar-refractivity contribution in [3.8, 4) is 10.6 Å². The van der Waals surface area contributed by atoms with Gasteiger partial charge in [-0.1, -0.05) is 36.4 Å². The summed E-state index contributed by atoms with van der Waals surface area (Å²) in [5.74, 6) is -1.31. The zero-order valence-electron chi connectivity index (χ0n) is 16.2. The first-order valence-corrected chi connectivity index (χ1v) is 9.71. The number of carbonyl (C=O) groups is 1. The second-order valence-corrected chi connectivity index (χ2v) is 7.63. The Balaban J connectivity index is 1.81. The lowest BCUT2D eigenvalue weighted by Gasteiger charge is -2.07. The fraction of sp³-hybridized carbons (Fsp3) is 0.182. The molecular formula is C22H18F3NO3S. The highest BCUT2D eigenvalue weighted by Crippen LogP contribution is 2.34. The van der Waals surface area contributed by atoms with Crippen molar-refractivity contribution in [3.63, 3.8) is 0 Å². The molecule has 0 amide bonds. The molecule has 0 atom stereocenters. The summed E-state index contributed by atoms with van der Waals surface area (Å²) in [6, 6.07) is 12.4. The van der Waals surface area contributed by atoms with Crippen LogP contribution in [0.4, 0.5) is 13.2 Å². The Morgan fingerprint density at radius 3 is 2.50 bits per heavy atom. The van der Waals surface area contributed by atoms with Crippen LogP contribution in [0.5, 0.6) is 0 Å². The van der Waals surface area contributed by atoms with Gasteiger partial charge in [-0.3, -0.25) is 0 Å². The molecule has 1 heterocycles. The molecular weight excluding hydrogens is 415 g/mol. The number of aryl methyl sites for hydroxylation is 1. The number of hydrogen-bond acceptors (Lipinski definition) is 4. The first-order chi connectivity index (χ1) is 14.2. The quantitative estimate of drug-likeness (QED) is 0.394. The summed E-state index contributed by atoms with van der Waals surface area (Å²) in [6.45, 7) is 1.83. The van der Waals surface area contributed by atoms with Crippen LogP contribution in [0.2, 0.25) is 0 Å². The fourth-order valence-corrected chi connectivity index (χ4v) is 3.91. The van der Waals surface area contributed by atoms with E-state index < -0.39 is 17.7 Å². The van der Waals surface area contributed by atoms with Gasteiger partial charge in [-0.2, -0.15) is 13.2 Å². The van der Waals surface area contributed by atoms with Gasteiger partial charge in [-0.05, 0) is 36.3 Å². The third-order valence-corrected chi connectivity index (χ3v) is 5.61. The van der Waals surface area contributed by atoms with Gasteiger partial charge >= 0.3 is 12.1 Å². The van der Waals surface area contributed by atoms with E-state index in [2.05, 4.69) is 4.98 Å². The SMILES string of the molecule is COC(=Cc1ccc(Cc2sc(-c3cccc(C(F)(F)F)c3)nc2C)cc1)C(=O)O. The number of ether oxygens (including phenoxy) is 1. The maximum atomic E-state index is 13.0. The number of benzene rings is 2. The molecule has 1 N–H and O–H groups in total. The normalized spacial score (nSPS) is 12.1. The van der Waals surface area contributed by atoms with Gasteiger partial charge in [0.1, 0.15) is 5.01 Å². The van der Waals surface area contributed by atoms with E-state index in [0.717, 1.165) is 28.3 Å². The van der Waals surface area contributed by atoms with Crippen LogP contribution in [0.25, 0.3) is 16.6 Å². The Kier molecular flexibility index (Phi) is 6.26. The molecule has 0 saturated heterocycles. The average Bonchev–Trinajstić information content (AvgIpc) is 3.07. The molecule has 0 aliphatic heterocycles. The minimum Gasteiger partial charge on any atom is -0.490 e. The van der Waals surface area contributed by atoms with E-state index in [1.54, 1.807) is 18.2 Å². The number of alkyl halides is 3. The molecule has 8 heteroatoms. The summed E-state index contributed by atoms with van der Waals surface area (Å²) >= 11 is 1.36. The predicted octanol–water partition coefficient (Wildman–Crippen LogP) is 5.80. The molecule has 0 saturated carbocycles. The van der Waals surface area contributed by atoms with E-state index in [1.807, 2.05) is 19.1 Å². The second kappa shape index (κ2) is 8.71. The van der Waals surface area contributed by atoms with E-state index in [9.17, 15) is 18.0 Å². The number of aromatic nitrogens is 1. The van der Waals surface area contributed by atoms with E-state index in [1.165, 1.54) is 30.6 Å². The monoisotopic (exact) mass is 433 g/mol. The van der Waals surface area contributed by atoms with E-state index in [0.29, 0.717) is 22.6 Å². The van der Waals surface area contributed by atoms with Crippen LogP contribution in [0, 0.1) is 6.92 Å². The molecule has 0 radical (unpaired) electrons. The molecule has 4 nitrogen and oxygen atoms in total. The Morgan fingerprint density at radius 2 is 1.90 bits per heavy atom. The molecule has 0 aliphatic carbocycles. The standard InChI is InChI=1S/C22H18F3NO3S/c1-13-19(11-15-8-6-14(7-9-15)10-18(29-2)21(27)28)30-20(26-13)16-4-3-5-17(12-16)22(23,24)25/h3-10,12H,11H2,1-2H3,(H,27,28). The number of halogens is 3. The summed E-state index contributed by atoms with van der Waals surface area (Å²) in [6.07, 6.45) is -2.40. The van der Waals surface area contributed by atoms with Crippen molar-refractivity contribution in [3.05, 3.63) is 81.6 Å². The van der Waals surface area contributed by atoms with E-state index in [-0.39, 0.29) is 5.76 Å². The lowest BCUT2D eigenvalue weighted by atomic mass is 10.1. The van der Waals surface area contributed by atoms with Gasteiger partial charge in [0.2, 0.25) is 5.76 Å². The fourth-order valence-electron chi connectivity index (χ4n) is 2.82. The van der Waals surface area contributed by atoms with Crippen LogP contribution in [0.1, 0.15) is 27.3 Å². The Labute approximate surface area is 175 Å². The number of thiazole rings is 1. The lowest BCUT2D eigenvalue weighted by molar-refractivity contribution is -0.137. The Hall–Kier alpha value is -3.13. The summed E-state index contributed by atoms with van der Waals surface area (Å²) in [5.41, 5.74) is 2.16. The van der Waals surface area contributed by atoms with Crippen molar-refractivity contribution in [2.75, 3.05) is 7.11 Å². The van der Waals surface area contributed by atoms with Crippen LogP contribution >= 0.6 is 11.3 Å². The molecule has 1 aromatic heterocycles.